The molecule has 0 unspecified atom stereocenters. The monoisotopic (exact) mass is 333 g/mol. The number of hydrogen-bond donors (Lipinski definition) is 1. The van der Waals surface area contributed by atoms with Gasteiger partial charge in [-0.15, -0.1) is 0 Å². The van der Waals surface area contributed by atoms with Gasteiger partial charge in [-0.3, -0.25) is 14.5 Å². The molecule has 1 aromatic carbocycles. The van der Waals surface area contributed by atoms with E-state index < -0.39 is 23.8 Å². The molecule has 6 heteroatoms. The lowest BCUT2D eigenvalue weighted by Crippen LogP contribution is -2.45. The van der Waals surface area contributed by atoms with Gasteiger partial charge in [0, 0.05) is 18.0 Å². The normalized spacial score (nSPS) is 18.6. The second kappa shape index (κ2) is 7.47. The summed E-state index contributed by atoms with van der Waals surface area (Å²) < 4.78 is 4.97. The van der Waals surface area contributed by atoms with Gasteiger partial charge >= 0.3 is 11.9 Å². The zero-order chi connectivity index (χ0) is 17.9. The van der Waals surface area contributed by atoms with Crippen LogP contribution in [0.4, 0.5) is 5.69 Å². The number of amides is 1. The Balaban J connectivity index is 2.17. The average molecular weight is 333 g/mol. The molecule has 1 aliphatic rings. The molecule has 1 amide bonds. The Morgan fingerprint density at radius 2 is 1.92 bits per heavy atom. The minimum absolute atomic E-state index is 0.275. The summed E-state index contributed by atoms with van der Waals surface area (Å²) in [5.41, 5.74) is 1.49. The fourth-order valence-electron chi connectivity index (χ4n) is 3.11. The molecular formula is C18H23NO5. The van der Waals surface area contributed by atoms with Crippen LogP contribution in [0.25, 0.3) is 0 Å². The van der Waals surface area contributed by atoms with Gasteiger partial charge in [-0.25, -0.2) is 4.79 Å². The molecule has 0 saturated heterocycles. The molecule has 0 bridgehead atoms. The van der Waals surface area contributed by atoms with E-state index in [9.17, 15) is 19.5 Å². The largest absolute Gasteiger partial charge is 0.480 e. The molecule has 1 aromatic rings. The van der Waals surface area contributed by atoms with Crippen LogP contribution in [0.2, 0.25) is 0 Å². The number of rotatable bonds is 6. The summed E-state index contributed by atoms with van der Waals surface area (Å²) in [6, 6.07) is 6.32. The maximum Gasteiger partial charge on any atom is 0.327 e. The summed E-state index contributed by atoms with van der Waals surface area (Å²) in [4.78, 5) is 37.5. The van der Waals surface area contributed by atoms with Crippen molar-refractivity contribution >= 4 is 23.5 Å². The van der Waals surface area contributed by atoms with Gasteiger partial charge in [0.1, 0.15) is 6.04 Å². The van der Waals surface area contributed by atoms with E-state index in [0.717, 1.165) is 5.56 Å². The Morgan fingerprint density at radius 1 is 1.25 bits per heavy atom. The van der Waals surface area contributed by atoms with Gasteiger partial charge in [0.05, 0.1) is 12.5 Å². The Hall–Kier alpha value is -2.37. The Morgan fingerprint density at radius 3 is 2.54 bits per heavy atom. The molecule has 0 aliphatic carbocycles. The lowest BCUT2D eigenvalue weighted by atomic mass is 9.95. The molecule has 24 heavy (non-hydrogen) atoms. The summed E-state index contributed by atoms with van der Waals surface area (Å²) in [6.45, 7) is 5.47. The van der Waals surface area contributed by atoms with Crippen LogP contribution in [-0.2, 0) is 25.5 Å². The maximum absolute atomic E-state index is 12.8. The number of ether oxygens (including phenoxy) is 1. The first-order valence-electron chi connectivity index (χ1n) is 8.17. The number of carboxylic acid groups (broad SMARTS) is 1. The number of nitrogens with zero attached hydrogens (tertiary/aromatic N) is 1. The van der Waals surface area contributed by atoms with E-state index in [1.807, 2.05) is 12.1 Å². The van der Waals surface area contributed by atoms with E-state index in [1.54, 1.807) is 32.9 Å². The molecule has 0 fully saturated rings. The van der Waals surface area contributed by atoms with Crippen molar-refractivity contribution in [2.24, 2.45) is 11.8 Å². The number of fused-ring (bicyclic) bond motifs is 1. The number of benzene rings is 1. The first-order valence-corrected chi connectivity index (χ1v) is 8.17. The average Bonchev–Trinajstić information content (AvgIpc) is 2.93. The molecule has 2 rings (SSSR count). The van der Waals surface area contributed by atoms with E-state index in [0.29, 0.717) is 25.1 Å². The Bertz CT molecular complexity index is 642. The van der Waals surface area contributed by atoms with Crippen molar-refractivity contribution in [3.8, 4) is 0 Å². The third-order valence-electron chi connectivity index (χ3n) is 4.32. The minimum atomic E-state index is -1.02. The molecule has 1 aliphatic heterocycles. The van der Waals surface area contributed by atoms with E-state index in [1.165, 1.54) is 4.90 Å². The number of carbonyl (C=O) groups excluding carboxylic acids is 2. The molecule has 130 valence electrons. The second-order valence-electron chi connectivity index (χ2n) is 6.18. The maximum atomic E-state index is 12.8. The predicted octanol–water partition coefficient (Wildman–Crippen LogP) is 2.25. The second-order valence-corrected chi connectivity index (χ2v) is 6.18. The van der Waals surface area contributed by atoms with Crippen LogP contribution < -0.4 is 4.90 Å². The minimum Gasteiger partial charge on any atom is -0.480 e. The van der Waals surface area contributed by atoms with Gasteiger partial charge in [0.15, 0.2) is 0 Å². The van der Waals surface area contributed by atoms with E-state index in [2.05, 4.69) is 0 Å². The van der Waals surface area contributed by atoms with Crippen LogP contribution in [-0.4, -0.2) is 35.6 Å². The zero-order valence-corrected chi connectivity index (χ0v) is 14.2. The zero-order valence-electron chi connectivity index (χ0n) is 14.2. The van der Waals surface area contributed by atoms with Crippen molar-refractivity contribution in [1.29, 1.82) is 0 Å². The molecule has 0 radical (unpaired) electrons. The molecule has 3 atom stereocenters. The van der Waals surface area contributed by atoms with Crippen LogP contribution in [0.15, 0.2) is 24.3 Å². The highest BCUT2D eigenvalue weighted by molar-refractivity contribution is 6.03. The predicted molar refractivity (Wildman–Crippen MR) is 88.6 cm³/mol. The van der Waals surface area contributed by atoms with Crippen LogP contribution in [0.1, 0.15) is 32.8 Å². The van der Waals surface area contributed by atoms with E-state index >= 15 is 0 Å². The lowest BCUT2D eigenvalue weighted by molar-refractivity contribution is -0.148. The highest BCUT2D eigenvalue weighted by Gasteiger charge is 2.40. The van der Waals surface area contributed by atoms with Gasteiger partial charge in [-0.2, -0.15) is 0 Å². The van der Waals surface area contributed by atoms with Crippen LogP contribution in [0.3, 0.4) is 0 Å². The van der Waals surface area contributed by atoms with Gasteiger partial charge < -0.3 is 9.84 Å². The van der Waals surface area contributed by atoms with Gasteiger partial charge in [0.25, 0.3) is 0 Å². The number of carbonyl (C=O) groups is 3. The summed E-state index contributed by atoms with van der Waals surface area (Å²) in [5.74, 6) is -2.52. The number of aliphatic carboxylic acids is 1. The highest BCUT2D eigenvalue weighted by atomic mass is 16.5. The standard InChI is InChI=1S/C18H23NO5/c1-4-24-18(23)12(3)9-11(2)16(20)19-14-8-6-5-7-13(14)10-15(19)17(21)22/h5-8,11-12,15H,4,9-10H2,1-3H3,(H,21,22)/t11-,12+,15-/m0/s1. The third kappa shape index (κ3) is 3.58. The lowest BCUT2D eigenvalue weighted by Gasteiger charge is -2.26. The van der Waals surface area contributed by atoms with Gasteiger partial charge in [-0.05, 0) is 25.0 Å². The van der Waals surface area contributed by atoms with Gasteiger partial charge in [-0.1, -0.05) is 32.0 Å². The SMILES string of the molecule is CCOC(=O)[C@H](C)C[C@H](C)C(=O)N1c2ccccc2C[C@H]1C(=O)O. The molecule has 1 N–H and O–H groups in total. The van der Waals surface area contributed by atoms with E-state index in [-0.39, 0.29) is 11.9 Å². The molecule has 0 saturated carbocycles. The highest BCUT2D eigenvalue weighted by Crippen LogP contribution is 2.34. The third-order valence-corrected chi connectivity index (χ3v) is 4.32. The van der Waals surface area contributed by atoms with Crippen molar-refractivity contribution in [3.05, 3.63) is 29.8 Å². The summed E-state index contributed by atoms with van der Waals surface area (Å²) in [6.07, 6.45) is 0.625. The van der Waals surface area contributed by atoms with Gasteiger partial charge in [0.2, 0.25) is 5.91 Å². The van der Waals surface area contributed by atoms with Crippen LogP contribution >= 0.6 is 0 Å². The smallest absolute Gasteiger partial charge is 0.327 e. The molecule has 6 nitrogen and oxygen atoms in total. The van der Waals surface area contributed by atoms with E-state index in [4.69, 9.17) is 4.74 Å². The summed E-state index contributed by atoms with van der Waals surface area (Å²) in [7, 11) is 0. The topological polar surface area (TPSA) is 83.9 Å². The molecule has 1 heterocycles. The Labute approximate surface area is 141 Å². The van der Waals surface area contributed by atoms with Crippen molar-refractivity contribution in [1.82, 2.24) is 0 Å². The quantitative estimate of drug-likeness (QED) is 0.807. The van der Waals surface area contributed by atoms with Crippen LogP contribution in [0, 0.1) is 11.8 Å². The number of hydrogen-bond acceptors (Lipinski definition) is 4. The number of anilines is 1. The molecular weight excluding hydrogens is 310 g/mol. The summed E-state index contributed by atoms with van der Waals surface area (Å²) in [5, 5.41) is 9.46. The number of esters is 1. The van der Waals surface area contributed by atoms with Crippen LogP contribution in [0.5, 0.6) is 0 Å². The first-order chi connectivity index (χ1) is 11.4. The Kier molecular flexibility index (Phi) is 5.59. The first kappa shape index (κ1) is 18.0. The molecule has 0 aromatic heterocycles. The summed E-state index contributed by atoms with van der Waals surface area (Å²) >= 11 is 0. The number of carboxylic acids is 1. The fraction of sp³-hybridized carbons (Fsp3) is 0.500. The van der Waals surface area contributed by atoms with Crippen molar-refractivity contribution < 1.29 is 24.2 Å². The molecule has 0 spiro atoms. The van der Waals surface area contributed by atoms with Crippen molar-refractivity contribution in [3.63, 3.8) is 0 Å². The number of para-hydroxylation sites is 1. The van der Waals surface area contributed by atoms with Crippen molar-refractivity contribution in [2.75, 3.05) is 11.5 Å². The fourth-order valence-corrected chi connectivity index (χ4v) is 3.11. The van der Waals surface area contributed by atoms with Crippen molar-refractivity contribution in [2.45, 2.75) is 39.7 Å².